The summed E-state index contributed by atoms with van der Waals surface area (Å²) in [6.07, 6.45) is 6.89. The fourth-order valence-corrected chi connectivity index (χ4v) is 3.65. The van der Waals surface area contributed by atoms with Crippen molar-refractivity contribution in [3.05, 3.63) is 35.9 Å². The molecule has 7 heteroatoms. The Kier molecular flexibility index (Phi) is 5.98. The van der Waals surface area contributed by atoms with Crippen LogP contribution in [-0.2, 0) is 0 Å². The van der Waals surface area contributed by atoms with Crippen LogP contribution in [0.5, 0.6) is 0 Å². The van der Waals surface area contributed by atoms with Gasteiger partial charge in [0.15, 0.2) is 5.69 Å². The lowest BCUT2D eigenvalue weighted by atomic mass is 10.2. The van der Waals surface area contributed by atoms with Crippen molar-refractivity contribution < 1.29 is 9.59 Å². The number of imidazole rings is 1. The van der Waals surface area contributed by atoms with E-state index in [0.29, 0.717) is 18.8 Å². The van der Waals surface area contributed by atoms with Gasteiger partial charge in [-0.25, -0.2) is 9.78 Å². The maximum Gasteiger partial charge on any atom is 0.320 e. The summed E-state index contributed by atoms with van der Waals surface area (Å²) in [6.45, 7) is 3.50. The first kappa shape index (κ1) is 19.2. The maximum atomic E-state index is 12.7. The molecule has 1 atom stereocenters. The van der Waals surface area contributed by atoms with Crippen LogP contribution in [0.15, 0.2) is 24.4 Å². The molecule has 1 aliphatic heterocycles. The number of nitrogens with one attached hydrogen (secondary N) is 1. The number of fused-ring (bicyclic) bond motifs is 1. The highest BCUT2D eigenvalue weighted by molar-refractivity contribution is 5.99. The molecule has 3 amide bonds. The van der Waals surface area contributed by atoms with Crippen LogP contribution in [0.25, 0.3) is 5.52 Å². The topological polar surface area (TPSA) is 70.0 Å². The Labute approximate surface area is 160 Å². The molecular formula is C20H29N5O2. The van der Waals surface area contributed by atoms with Crippen LogP contribution in [0.3, 0.4) is 0 Å². The van der Waals surface area contributed by atoms with E-state index in [4.69, 9.17) is 4.98 Å². The Morgan fingerprint density at radius 2 is 2.11 bits per heavy atom. The summed E-state index contributed by atoms with van der Waals surface area (Å²) < 4.78 is 1.95. The number of hydrogen-bond donors (Lipinski definition) is 1. The van der Waals surface area contributed by atoms with Crippen molar-refractivity contribution in [2.24, 2.45) is 0 Å². The lowest BCUT2D eigenvalue weighted by Crippen LogP contribution is -2.39. The van der Waals surface area contributed by atoms with Gasteiger partial charge in [0.05, 0.1) is 11.6 Å². The Hall–Kier alpha value is -2.57. The number of hydrogen-bond acceptors (Lipinski definition) is 3. The average Bonchev–Trinajstić information content (AvgIpc) is 3.28. The van der Waals surface area contributed by atoms with Crippen LogP contribution in [0, 0.1) is 0 Å². The third-order valence-electron chi connectivity index (χ3n) is 5.04. The molecule has 3 rings (SSSR count). The number of amides is 3. The standard InChI is InChI=1S/C20H29N5O2/c1-4-5-7-12-21-19(26)17-15-10-6-8-13-24(15)18(22-17)16-11-9-14-25(16)20(27)23(2)3/h6,8,10,13,16H,4-5,7,9,11-12,14H2,1-3H3,(H,21,26)/t16-/m1/s1. The molecule has 2 aromatic rings. The summed E-state index contributed by atoms with van der Waals surface area (Å²) in [6, 6.07) is 5.61. The number of carbonyl (C=O) groups is 2. The zero-order chi connectivity index (χ0) is 19.4. The first-order chi connectivity index (χ1) is 13.0. The number of urea groups is 1. The van der Waals surface area contributed by atoms with Gasteiger partial charge in [0.25, 0.3) is 5.91 Å². The number of carbonyl (C=O) groups excluding carboxylic acids is 2. The van der Waals surface area contributed by atoms with Crippen LogP contribution in [0.2, 0.25) is 0 Å². The SMILES string of the molecule is CCCCCNC(=O)c1nc([C@H]2CCCN2C(=O)N(C)C)n2ccccc12. The van der Waals surface area contributed by atoms with Crippen molar-refractivity contribution in [3.8, 4) is 0 Å². The van der Waals surface area contributed by atoms with Gasteiger partial charge >= 0.3 is 6.03 Å². The van der Waals surface area contributed by atoms with Crippen molar-refractivity contribution in [2.75, 3.05) is 27.2 Å². The third kappa shape index (κ3) is 3.91. The molecular weight excluding hydrogens is 342 g/mol. The number of aromatic nitrogens is 2. The molecule has 0 radical (unpaired) electrons. The monoisotopic (exact) mass is 371 g/mol. The Morgan fingerprint density at radius 1 is 1.30 bits per heavy atom. The highest BCUT2D eigenvalue weighted by Crippen LogP contribution is 2.33. The van der Waals surface area contributed by atoms with E-state index in [1.54, 1.807) is 19.0 Å². The number of pyridine rings is 1. The van der Waals surface area contributed by atoms with E-state index in [2.05, 4.69) is 12.2 Å². The van der Waals surface area contributed by atoms with E-state index in [1.807, 2.05) is 33.7 Å². The van der Waals surface area contributed by atoms with Crippen molar-refractivity contribution in [3.63, 3.8) is 0 Å². The van der Waals surface area contributed by atoms with Crippen LogP contribution >= 0.6 is 0 Å². The van der Waals surface area contributed by atoms with Gasteiger partial charge in [0.1, 0.15) is 5.82 Å². The Morgan fingerprint density at radius 3 is 2.85 bits per heavy atom. The molecule has 7 nitrogen and oxygen atoms in total. The largest absolute Gasteiger partial charge is 0.351 e. The lowest BCUT2D eigenvalue weighted by molar-refractivity contribution is 0.0950. The molecule has 2 aromatic heterocycles. The van der Waals surface area contributed by atoms with E-state index in [0.717, 1.165) is 43.4 Å². The third-order valence-corrected chi connectivity index (χ3v) is 5.04. The van der Waals surface area contributed by atoms with E-state index in [9.17, 15) is 9.59 Å². The van der Waals surface area contributed by atoms with Crippen LogP contribution < -0.4 is 5.32 Å². The maximum absolute atomic E-state index is 12.7. The molecule has 0 unspecified atom stereocenters. The molecule has 146 valence electrons. The van der Waals surface area contributed by atoms with Gasteiger partial charge in [-0.1, -0.05) is 25.8 Å². The first-order valence-electron chi connectivity index (χ1n) is 9.77. The van der Waals surface area contributed by atoms with Gasteiger partial charge in [-0.2, -0.15) is 0 Å². The number of likely N-dealkylation sites (tertiary alicyclic amines) is 1. The summed E-state index contributed by atoms with van der Waals surface area (Å²) >= 11 is 0. The molecule has 27 heavy (non-hydrogen) atoms. The molecule has 0 aliphatic carbocycles. The minimum atomic E-state index is -0.149. The second kappa shape index (κ2) is 8.41. The van der Waals surface area contributed by atoms with Gasteiger partial charge in [0.2, 0.25) is 0 Å². The van der Waals surface area contributed by atoms with Gasteiger partial charge in [0, 0.05) is 33.4 Å². The van der Waals surface area contributed by atoms with E-state index >= 15 is 0 Å². The summed E-state index contributed by atoms with van der Waals surface area (Å²) in [7, 11) is 3.52. The van der Waals surface area contributed by atoms with E-state index in [1.165, 1.54) is 0 Å². The van der Waals surface area contributed by atoms with Crippen LogP contribution in [0.4, 0.5) is 4.79 Å². The van der Waals surface area contributed by atoms with Gasteiger partial charge in [-0.05, 0) is 31.4 Å². The molecule has 1 N–H and O–H groups in total. The van der Waals surface area contributed by atoms with E-state index < -0.39 is 0 Å². The van der Waals surface area contributed by atoms with Crippen molar-refractivity contribution in [2.45, 2.75) is 45.1 Å². The molecule has 0 aromatic carbocycles. The fourth-order valence-electron chi connectivity index (χ4n) is 3.65. The average molecular weight is 371 g/mol. The number of rotatable bonds is 6. The summed E-state index contributed by atoms with van der Waals surface area (Å²) in [5.41, 5.74) is 1.22. The van der Waals surface area contributed by atoms with Gasteiger partial charge in [-0.15, -0.1) is 0 Å². The summed E-state index contributed by atoms with van der Waals surface area (Å²) in [4.78, 5) is 33.4. The highest BCUT2D eigenvalue weighted by Gasteiger charge is 2.34. The molecule has 0 spiro atoms. The highest BCUT2D eigenvalue weighted by atomic mass is 16.2. The predicted molar refractivity (Wildman–Crippen MR) is 105 cm³/mol. The zero-order valence-corrected chi connectivity index (χ0v) is 16.4. The van der Waals surface area contributed by atoms with Crippen molar-refractivity contribution >= 4 is 17.5 Å². The normalized spacial score (nSPS) is 16.7. The Balaban J connectivity index is 1.90. The van der Waals surface area contributed by atoms with Gasteiger partial charge < -0.3 is 19.5 Å². The van der Waals surface area contributed by atoms with Crippen molar-refractivity contribution in [1.82, 2.24) is 24.5 Å². The fraction of sp³-hybridized carbons (Fsp3) is 0.550. The molecule has 1 saturated heterocycles. The van der Waals surface area contributed by atoms with Crippen LogP contribution in [0.1, 0.15) is 61.4 Å². The lowest BCUT2D eigenvalue weighted by Gasteiger charge is -2.27. The zero-order valence-electron chi connectivity index (χ0n) is 16.4. The molecule has 1 fully saturated rings. The molecule has 0 bridgehead atoms. The van der Waals surface area contributed by atoms with Crippen molar-refractivity contribution in [1.29, 1.82) is 0 Å². The quantitative estimate of drug-likeness (QED) is 0.794. The minimum absolute atomic E-state index is 0.0178. The Bertz CT molecular complexity index is 814. The smallest absolute Gasteiger partial charge is 0.320 e. The van der Waals surface area contributed by atoms with Crippen LogP contribution in [-0.4, -0.2) is 58.3 Å². The molecule has 1 aliphatic rings. The minimum Gasteiger partial charge on any atom is -0.351 e. The summed E-state index contributed by atoms with van der Waals surface area (Å²) in [5, 5.41) is 2.98. The molecule has 3 heterocycles. The second-order valence-corrected chi connectivity index (χ2v) is 7.27. The second-order valence-electron chi connectivity index (χ2n) is 7.27. The molecule has 0 saturated carbocycles. The summed E-state index contributed by atoms with van der Waals surface area (Å²) in [5.74, 6) is 0.613. The van der Waals surface area contributed by atoms with E-state index in [-0.39, 0.29) is 18.0 Å². The van der Waals surface area contributed by atoms with Gasteiger partial charge in [-0.3, -0.25) is 4.79 Å². The number of unbranched alkanes of at least 4 members (excludes halogenated alkanes) is 2. The predicted octanol–water partition coefficient (Wildman–Crippen LogP) is 3.07. The first-order valence-corrected chi connectivity index (χ1v) is 9.77. The number of nitrogens with zero attached hydrogens (tertiary/aromatic N) is 4.